The largest absolute Gasteiger partial charge is 0.497 e. The van der Waals surface area contributed by atoms with Crippen LogP contribution in [-0.2, 0) is 16.6 Å². The third kappa shape index (κ3) is 5.38. The molecule has 210 valence electrons. The normalized spacial score (nSPS) is 14.1. The molecule has 0 aliphatic carbocycles. The molecule has 1 unspecified atom stereocenters. The van der Waals surface area contributed by atoms with Gasteiger partial charge in [0.05, 0.1) is 56.4 Å². The average Bonchev–Trinajstić information content (AvgIpc) is 3.51. The van der Waals surface area contributed by atoms with Crippen molar-refractivity contribution in [2.45, 2.75) is 13.1 Å². The number of hydrogen-bond acceptors (Lipinski definition) is 8. The summed E-state index contributed by atoms with van der Waals surface area (Å²) in [6.45, 7) is 4.54. The van der Waals surface area contributed by atoms with Gasteiger partial charge in [-0.25, -0.2) is 9.37 Å². The van der Waals surface area contributed by atoms with Crippen LogP contribution in [0.4, 0.5) is 15.8 Å². The highest BCUT2D eigenvalue weighted by atomic mass is 19.1. The fourth-order valence-electron chi connectivity index (χ4n) is 4.74. The van der Waals surface area contributed by atoms with E-state index in [1.165, 1.54) is 27.2 Å². The summed E-state index contributed by atoms with van der Waals surface area (Å²) < 4.78 is 28.4. The number of anilines is 2. The number of halogens is 1. The molecule has 10 nitrogen and oxygen atoms in total. The van der Waals surface area contributed by atoms with E-state index in [4.69, 9.17) is 14.5 Å². The molecule has 1 atom stereocenters. The number of methoxy groups -OCH3 is 2. The van der Waals surface area contributed by atoms with Crippen molar-refractivity contribution in [3.05, 3.63) is 78.8 Å². The Balaban J connectivity index is 1.52. The number of hydrogen-bond donors (Lipinski definition) is 0. The highest BCUT2D eigenvalue weighted by molar-refractivity contribution is 6.20. The second-order valence-electron chi connectivity index (χ2n) is 9.57. The topological polar surface area (TPSA) is 103 Å². The molecule has 0 fully saturated rings. The number of ether oxygens (including phenoxy) is 2. The Morgan fingerprint density at radius 1 is 1.02 bits per heavy atom. The maximum Gasteiger partial charge on any atom is 0.261 e. The average molecular weight is 557 g/mol. The quantitative estimate of drug-likeness (QED) is 0.265. The predicted octanol–water partition coefficient (Wildman–Crippen LogP) is 4.40. The van der Waals surface area contributed by atoms with E-state index in [1.807, 2.05) is 25.4 Å². The van der Waals surface area contributed by atoms with Crippen molar-refractivity contribution in [3.63, 3.8) is 0 Å². The van der Waals surface area contributed by atoms with Crippen LogP contribution in [0.25, 0.3) is 22.3 Å². The fraction of sp³-hybridized carbons (Fsp3) is 0.233. The predicted molar refractivity (Wildman–Crippen MR) is 153 cm³/mol. The summed E-state index contributed by atoms with van der Waals surface area (Å²) in [6.07, 6.45) is 4.96. The van der Waals surface area contributed by atoms with Gasteiger partial charge in [0.25, 0.3) is 11.8 Å². The number of carbonyl (C=O) groups excluding carboxylic acids is 2. The van der Waals surface area contributed by atoms with E-state index in [9.17, 15) is 9.59 Å². The van der Waals surface area contributed by atoms with Crippen LogP contribution >= 0.6 is 0 Å². The van der Waals surface area contributed by atoms with Gasteiger partial charge in [-0.15, -0.1) is 0 Å². The van der Waals surface area contributed by atoms with E-state index in [0.717, 1.165) is 10.5 Å². The first kappa shape index (κ1) is 27.5. The number of aromatic nitrogens is 4. The monoisotopic (exact) mass is 556 g/mol. The number of alkyl halides is 1. The molecule has 5 rings (SSSR count). The van der Waals surface area contributed by atoms with Crippen LogP contribution in [0.5, 0.6) is 11.5 Å². The van der Waals surface area contributed by atoms with Crippen LogP contribution < -0.4 is 14.4 Å². The molecule has 1 aliphatic rings. The fourth-order valence-corrected chi connectivity index (χ4v) is 4.74. The number of amides is 2. The van der Waals surface area contributed by atoms with Gasteiger partial charge in [0.2, 0.25) is 0 Å². The first-order valence-electron chi connectivity index (χ1n) is 12.8. The van der Waals surface area contributed by atoms with Crippen LogP contribution in [0.3, 0.4) is 0 Å². The molecule has 0 N–H and O–H groups in total. The summed E-state index contributed by atoms with van der Waals surface area (Å²) in [4.78, 5) is 37.4. The van der Waals surface area contributed by atoms with Gasteiger partial charge < -0.3 is 14.4 Å². The molecule has 0 bridgehead atoms. The third-order valence-corrected chi connectivity index (χ3v) is 6.90. The molecule has 0 saturated heterocycles. The van der Waals surface area contributed by atoms with Gasteiger partial charge >= 0.3 is 0 Å². The van der Waals surface area contributed by atoms with Gasteiger partial charge in [0, 0.05) is 59.5 Å². The van der Waals surface area contributed by atoms with Crippen LogP contribution in [0.1, 0.15) is 6.92 Å². The zero-order valence-electron chi connectivity index (χ0n) is 23.2. The minimum atomic E-state index is -1.60. The van der Waals surface area contributed by atoms with Gasteiger partial charge in [-0.05, 0) is 25.1 Å². The summed E-state index contributed by atoms with van der Waals surface area (Å²) >= 11 is 0. The first-order chi connectivity index (χ1) is 19.7. The molecule has 4 aromatic rings. The molecule has 1 aliphatic heterocycles. The lowest BCUT2D eigenvalue weighted by atomic mass is 10.1. The molecule has 0 radical (unpaired) electrons. The molecule has 2 aromatic heterocycles. The van der Waals surface area contributed by atoms with Crippen molar-refractivity contribution in [2.75, 3.05) is 32.2 Å². The first-order valence-corrected chi connectivity index (χ1v) is 12.8. The molecule has 0 saturated carbocycles. The Morgan fingerprint density at radius 2 is 1.76 bits per heavy atom. The summed E-state index contributed by atoms with van der Waals surface area (Å²) in [5.74, 6) is -0.0474. The highest BCUT2D eigenvalue weighted by Crippen LogP contribution is 2.35. The smallest absolute Gasteiger partial charge is 0.261 e. The SMILES string of the molecule is C=CC1=C(C)C(=O)N(CC(F)CN(c2cc(OC)cc(OC)c2)c2ccc3ncc(-c4cnn(C)c4)nc3c2)C1=O. The van der Waals surface area contributed by atoms with Crippen LogP contribution in [0, 0.1) is 0 Å². The molecular formula is C30H29FN6O4. The maximum absolute atomic E-state index is 15.8. The maximum atomic E-state index is 15.8. The molecule has 2 aromatic carbocycles. The minimum Gasteiger partial charge on any atom is -0.497 e. The van der Waals surface area contributed by atoms with Crippen molar-refractivity contribution in [3.8, 4) is 22.8 Å². The lowest BCUT2D eigenvalue weighted by molar-refractivity contribution is -0.138. The Labute approximate surface area is 236 Å². The lowest BCUT2D eigenvalue weighted by Gasteiger charge is -2.29. The van der Waals surface area contributed by atoms with E-state index in [-0.39, 0.29) is 17.7 Å². The van der Waals surface area contributed by atoms with E-state index in [0.29, 0.717) is 39.6 Å². The second kappa shape index (κ2) is 11.2. The number of benzene rings is 2. The molecule has 2 amide bonds. The Hall–Kier alpha value is -5.06. The highest BCUT2D eigenvalue weighted by Gasteiger charge is 2.36. The number of imide groups is 1. The second-order valence-corrected chi connectivity index (χ2v) is 9.57. The van der Waals surface area contributed by atoms with Crippen molar-refractivity contribution in [1.29, 1.82) is 0 Å². The zero-order chi connectivity index (χ0) is 29.3. The number of carbonyl (C=O) groups is 2. The number of aryl methyl sites for hydroxylation is 1. The van der Waals surface area contributed by atoms with E-state index in [1.54, 1.807) is 46.2 Å². The number of nitrogens with zero attached hydrogens (tertiary/aromatic N) is 6. The van der Waals surface area contributed by atoms with Gasteiger partial charge in [0.15, 0.2) is 0 Å². The molecule has 11 heteroatoms. The summed E-state index contributed by atoms with van der Waals surface area (Å²) in [6, 6.07) is 10.7. The number of rotatable bonds is 10. The lowest BCUT2D eigenvalue weighted by Crippen LogP contribution is -2.40. The van der Waals surface area contributed by atoms with E-state index in [2.05, 4.69) is 16.7 Å². The molecular weight excluding hydrogens is 527 g/mol. The van der Waals surface area contributed by atoms with Gasteiger partial charge in [0.1, 0.15) is 17.7 Å². The summed E-state index contributed by atoms with van der Waals surface area (Å²) in [5, 5.41) is 4.21. The van der Waals surface area contributed by atoms with Gasteiger partial charge in [-0.1, -0.05) is 12.7 Å². The Morgan fingerprint density at radius 3 is 2.37 bits per heavy atom. The van der Waals surface area contributed by atoms with E-state index < -0.39 is 24.5 Å². The van der Waals surface area contributed by atoms with Gasteiger partial charge in [-0.3, -0.25) is 24.2 Å². The summed E-state index contributed by atoms with van der Waals surface area (Å²) in [5.41, 5.74) is 4.36. The standard InChI is InChI=1S/C30H29FN6O4/c1-6-25-18(2)29(38)37(30(25)39)17-20(31)16-36(22-9-23(40-4)12-24(10-22)41-5)21-7-8-26-27(11-21)34-28(14-32-26)19-13-33-35(3)15-19/h6-15,20H,1,16-17H2,2-5H3. The van der Waals surface area contributed by atoms with Crippen LogP contribution in [0.15, 0.2) is 78.8 Å². The van der Waals surface area contributed by atoms with Crippen LogP contribution in [0.2, 0.25) is 0 Å². The van der Waals surface area contributed by atoms with Crippen molar-refractivity contribution in [1.82, 2.24) is 24.6 Å². The van der Waals surface area contributed by atoms with Crippen molar-refractivity contribution >= 4 is 34.2 Å². The molecule has 41 heavy (non-hydrogen) atoms. The Bertz CT molecular complexity index is 1680. The number of fused-ring (bicyclic) bond motifs is 1. The van der Waals surface area contributed by atoms with Crippen LogP contribution in [-0.4, -0.2) is 69.9 Å². The Kier molecular flexibility index (Phi) is 7.52. The van der Waals surface area contributed by atoms with Crippen molar-refractivity contribution in [2.24, 2.45) is 7.05 Å². The molecule has 0 spiro atoms. The van der Waals surface area contributed by atoms with Crippen molar-refractivity contribution < 1.29 is 23.5 Å². The van der Waals surface area contributed by atoms with E-state index >= 15 is 4.39 Å². The summed E-state index contributed by atoms with van der Waals surface area (Å²) in [7, 11) is 4.88. The zero-order valence-corrected chi connectivity index (χ0v) is 23.2. The van der Waals surface area contributed by atoms with Gasteiger partial charge in [-0.2, -0.15) is 5.10 Å². The molecule has 3 heterocycles. The third-order valence-electron chi connectivity index (χ3n) is 6.90. The minimum absolute atomic E-state index is 0.183.